The summed E-state index contributed by atoms with van der Waals surface area (Å²) in [5.74, 6) is 0.676. The molecule has 0 bridgehead atoms. The average molecular weight is 263 g/mol. The Hall–Kier alpha value is -1.82. The maximum Gasteiger partial charge on any atom is 0.213 e. The van der Waals surface area contributed by atoms with Crippen molar-refractivity contribution < 1.29 is 4.74 Å². The van der Waals surface area contributed by atoms with Gasteiger partial charge in [-0.3, -0.25) is 0 Å². The standard InChI is InChI=1S/C13H21N5O/c1-9-11(17-13(14)15)3-4-12(16-9)19-10-5-7-18(2)8-6-10/h3-4,10H,5-8H2,1-2H3,(H4,14,15,17). The van der Waals surface area contributed by atoms with Crippen molar-refractivity contribution in [1.29, 1.82) is 0 Å². The highest BCUT2D eigenvalue weighted by molar-refractivity contribution is 5.79. The Kier molecular flexibility index (Phi) is 4.21. The first-order valence-electron chi connectivity index (χ1n) is 6.47. The lowest BCUT2D eigenvalue weighted by molar-refractivity contribution is 0.110. The Balaban J connectivity index is 2.02. The van der Waals surface area contributed by atoms with E-state index in [1.54, 1.807) is 0 Å². The molecule has 104 valence electrons. The van der Waals surface area contributed by atoms with Crippen LogP contribution < -0.4 is 16.2 Å². The zero-order valence-corrected chi connectivity index (χ0v) is 11.5. The van der Waals surface area contributed by atoms with Crippen molar-refractivity contribution >= 4 is 11.6 Å². The number of aromatic nitrogens is 1. The number of hydrogen-bond donors (Lipinski definition) is 2. The van der Waals surface area contributed by atoms with Gasteiger partial charge in [-0.25, -0.2) is 9.98 Å². The number of piperidine rings is 1. The molecule has 0 aromatic carbocycles. The molecule has 1 aliphatic heterocycles. The molecule has 19 heavy (non-hydrogen) atoms. The van der Waals surface area contributed by atoms with Crippen LogP contribution >= 0.6 is 0 Å². The van der Waals surface area contributed by atoms with Gasteiger partial charge >= 0.3 is 0 Å². The largest absolute Gasteiger partial charge is 0.474 e. The van der Waals surface area contributed by atoms with Gasteiger partial charge in [0.05, 0.1) is 11.4 Å². The summed E-state index contributed by atoms with van der Waals surface area (Å²) in [7, 11) is 2.13. The summed E-state index contributed by atoms with van der Waals surface area (Å²) in [5, 5.41) is 0. The number of aryl methyl sites for hydroxylation is 1. The molecule has 0 unspecified atom stereocenters. The molecule has 4 N–H and O–H groups in total. The van der Waals surface area contributed by atoms with Gasteiger partial charge in [0.2, 0.25) is 5.88 Å². The van der Waals surface area contributed by atoms with E-state index in [0.717, 1.165) is 31.6 Å². The summed E-state index contributed by atoms with van der Waals surface area (Å²) in [4.78, 5) is 10.7. The smallest absolute Gasteiger partial charge is 0.213 e. The first kappa shape index (κ1) is 13.6. The number of hydrogen-bond acceptors (Lipinski definition) is 4. The molecule has 0 spiro atoms. The Morgan fingerprint density at radius 1 is 1.37 bits per heavy atom. The van der Waals surface area contributed by atoms with Crippen LogP contribution in [0.1, 0.15) is 18.5 Å². The first-order valence-corrected chi connectivity index (χ1v) is 6.47. The average Bonchev–Trinajstić information content (AvgIpc) is 2.35. The summed E-state index contributed by atoms with van der Waals surface area (Å²) >= 11 is 0. The number of nitrogens with zero attached hydrogens (tertiary/aromatic N) is 3. The molecule has 1 aromatic heterocycles. The molecule has 6 heteroatoms. The predicted molar refractivity (Wildman–Crippen MR) is 75.6 cm³/mol. The fraction of sp³-hybridized carbons (Fsp3) is 0.538. The van der Waals surface area contributed by atoms with Crippen LogP contribution in [0.3, 0.4) is 0 Å². The van der Waals surface area contributed by atoms with Crippen LogP contribution in [0.4, 0.5) is 5.69 Å². The fourth-order valence-corrected chi connectivity index (χ4v) is 2.13. The van der Waals surface area contributed by atoms with Crippen molar-refractivity contribution in [1.82, 2.24) is 9.88 Å². The highest BCUT2D eigenvalue weighted by atomic mass is 16.5. The molecule has 0 amide bonds. The zero-order valence-electron chi connectivity index (χ0n) is 11.5. The van der Waals surface area contributed by atoms with Gasteiger partial charge in [0.15, 0.2) is 5.96 Å². The van der Waals surface area contributed by atoms with Gasteiger partial charge in [-0.15, -0.1) is 0 Å². The minimum Gasteiger partial charge on any atom is -0.474 e. The summed E-state index contributed by atoms with van der Waals surface area (Å²) in [6, 6.07) is 3.64. The summed E-state index contributed by atoms with van der Waals surface area (Å²) in [6.07, 6.45) is 2.32. The van der Waals surface area contributed by atoms with E-state index in [4.69, 9.17) is 16.2 Å². The van der Waals surface area contributed by atoms with E-state index < -0.39 is 0 Å². The molecule has 0 atom stereocenters. The van der Waals surface area contributed by atoms with Crippen molar-refractivity contribution in [3.8, 4) is 5.88 Å². The van der Waals surface area contributed by atoms with E-state index in [-0.39, 0.29) is 12.1 Å². The Labute approximate surface area is 113 Å². The van der Waals surface area contributed by atoms with Crippen LogP contribution in [0, 0.1) is 6.92 Å². The normalized spacial score (nSPS) is 17.2. The molecular formula is C13H21N5O. The summed E-state index contributed by atoms with van der Waals surface area (Å²) < 4.78 is 5.90. The van der Waals surface area contributed by atoms with Crippen molar-refractivity contribution in [3.05, 3.63) is 17.8 Å². The fourth-order valence-electron chi connectivity index (χ4n) is 2.13. The van der Waals surface area contributed by atoms with Gasteiger partial charge in [-0.05, 0) is 32.9 Å². The molecular weight excluding hydrogens is 242 g/mol. The second-order valence-electron chi connectivity index (χ2n) is 4.91. The van der Waals surface area contributed by atoms with E-state index in [0.29, 0.717) is 11.6 Å². The zero-order chi connectivity index (χ0) is 13.8. The van der Waals surface area contributed by atoms with Gasteiger partial charge < -0.3 is 21.1 Å². The number of pyridine rings is 1. The highest BCUT2D eigenvalue weighted by Gasteiger charge is 2.18. The van der Waals surface area contributed by atoms with Gasteiger partial charge in [-0.1, -0.05) is 0 Å². The van der Waals surface area contributed by atoms with Crippen molar-refractivity contribution in [2.24, 2.45) is 16.5 Å². The molecule has 1 fully saturated rings. The topological polar surface area (TPSA) is 89.8 Å². The van der Waals surface area contributed by atoms with Gasteiger partial charge in [0, 0.05) is 19.2 Å². The maximum atomic E-state index is 5.90. The van der Waals surface area contributed by atoms with Crippen molar-refractivity contribution in [2.75, 3.05) is 20.1 Å². The molecule has 1 aromatic rings. The monoisotopic (exact) mass is 263 g/mol. The van der Waals surface area contributed by atoms with Crippen molar-refractivity contribution in [2.45, 2.75) is 25.9 Å². The second kappa shape index (κ2) is 5.88. The maximum absolute atomic E-state index is 5.90. The molecule has 2 rings (SSSR count). The highest BCUT2D eigenvalue weighted by Crippen LogP contribution is 2.22. The van der Waals surface area contributed by atoms with Crippen LogP contribution in [0.15, 0.2) is 17.1 Å². The summed E-state index contributed by atoms with van der Waals surface area (Å²) in [6.45, 7) is 3.99. The number of ether oxygens (including phenoxy) is 1. The van der Waals surface area contributed by atoms with Crippen molar-refractivity contribution in [3.63, 3.8) is 0 Å². The minimum atomic E-state index is 0.0360. The van der Waals surface area contributed by atoms with Crippen LogP contribution in [-0.2, 0) is 0 Å². The van der Waals surface area contributed by atoms with Crippen LogP contribution in [0.25, 0.3) is 0 Å². The van der Waals surface area contributed by atoms with Crippen LogP contribution in [0.5, 0.6) is 5.88 Å². The SMILES string of the molecule is Cc1nc(OC2CCN(C)CC2)ccc1N=C(N)N. The third-order valence-corrected chi connectivity index (χ3v) is 3.23. The van der Waals surface area contributed by atoms with E-state index in [2.05, 4.69) is 21.9 Å². The quantitative estimate of drug-likeness (QED) is 0.621. The second-order valence-corrected chi connectivity index (χ2v) is 4.91. The number of aliphatic imine (C=N–C) groups is 1. The molecule has 6 nitrogen and oxygen atoms in total. The Bertz CT molecular complexity index is 462. The Morgan fingerprint density at radius 2 is 2.05 bits per heavy atom. The van der Waals surface area contributed by atoms with E-state index in [9.17, 15) is 0 Å². The molecule has 1 aliphatic rings. The predicted octanol–water partition coefficient (Wildman–Crippen LogP) is 0.768. The third-order valence-electron chi connectivity index (χ3n) is 3.23. The van der Waals surface area contributed by atoms with E-state index >= 15 is 0 Å². The third kappa shape index (κ3) is 3.82. The van der Waals surface area contributed by atoms with E-state index in [1.165, 1.54) is 0 Å². The first-order chi connectivity index (χ1) is 9.04. The van der Waals surface area contributed by atoms with E-state index in [1.807, 2.05) is 19.1 Å². The molecule has 2 heterocycles. The Morgan fingerprint density at radius 3 is 2.63 bits per heavy atom. The van der Waals surface area contributed by atoms with Crippen LogP contribution in [-0.4, -0.2) is 42.1 Å². The summed E-state index contributed by atoms with van der Waals surface area (Å²) in [5.41, 5.74) is 12.2. The molecule has 0 saturated carbocycles. The number of guanidine groups is 1. The molecule has 1 saturated heterocycles. The van der Waals surface area contributed by atoms with Gasteiger partial charge in [0.25, 0.3) is 0 Å². The lowest BCUT2D eigenvalue weighted by atomic mass is 10.1. The lowest BCUT2D eigenvalue weighted by Crippen LogP contribution is -2.35. The van der Waals surface area contributed by atoms with Gasteiger partial charge in [0.1, 0.15) is 6.10 Å². The number of likely N-dealkylation sites (tertiary alicyclic amines) is 1. The molecule has 0 radical (unpaired) electrons. The minimum absolute atomic E-state index is 0.0360. The van der Waals surface area contributed by atoms with Crippen LogP contribution in [0.2, 0.25) is 0 Å². The van der Waals surface area contributed by atoms with Gasteiger partial charge in [-0.2, -0.15) is 0 Å². The number of rotatable bonds is 3. The number of nitrogens with two attached hydrogens (primary N) is 2. The lowest BCUT2D eigenvalue weighted by Gasteiger charge is -2.29. The molecule has 0 aliphatic carbocycles.